The second kappa shape index (κ2) is 14.7. The third-order valence-electron chi connectivity index (χ3n) is 5.22. The van der Waals surface area contributed by atoms with Crippen LogP contribution in [0.15, 0.2) is 0 Å². The van der Waals surface area contributed by atoms with Crippen LogP contribution < -0.4 is 0 Å². The standard InChI is InChI=1S/C21H41NO2/c1-3-5-6-7-8-9-10-11-12-13-14-15-18-22-19-16-17-20(22)21(23)24-4-2/h20H,3-19H2,1-2H3/t20-/m0/s1. The molecule has 0 amide bonds. The van der Waals surface area contributed by atoms with Crippen LogP contribution in [0.2, 0.25) is 0 Å². The van der Waals surface area contributed by atoms with Crippen molar-refractivity contribution in [3.63, 3.8) is 0 Å². The summed E-state index contributed by atoms with van der Waals surface area (Å²) in [6.07, 6.45) is 18.7. The van der Waals surface area contributed by atoms with Crippen molar-refractivity contribution >= 4 is 5.97 Å². The van der Waals surface area contributed by atoms with Crippen molar-refractivity contribution in [2.45, 2.75) is 110 Å². The first-order chi connectivity index (χ1) is 11.8. The SMILES string of the molecule is CCCCCCCCCCCCCCN1CCC[C@H]1C(=O)OCC. The Morgan fingerprint density at radius 1 is 0.875 bits per heavy atom. The Balaban J connectivity index is 1.90. The lowest BCUT2D eigenvalue weighted by Gasteiger charge is -2.22. The first-order valence-corrected chi connectivity index (χ1v) is 10.7. The predicted octanol–water partition coefficient (Wildman–Crippen LogP) is 5.72. The monoisotopic (exact) mass is 339 g/mol. The van der Waals surface area contributed by atoms with Crippen LogP contribution in [0.25, 0.3) is 0 Å². The van der Waals surface area contributed by atoms with E-state index in [2.05, 4.69) is 11.8 Å². The summed E-state index contributed by atoms with van der Waals surface area (Å²) < 4.78 is 5.19. The quantitative estimate of drug-likeness (QED) is 0.282. The van der Waals surface area contributed by atoms with Crippen molar-refractivity contribution in [3.8, 4) is 0 Å². The van der Waals surface area contributed by atoms with Gasteiger partial charge in [0.1, 0.15) is 6.04 Å². The number of likely N-dealkylation sites (tertiary alicyclic amines) is 1. The molecule has 0 saturated carbocycles. The molecule has 1 rings (SSSR count). The van der Waals surface area contributed by atoms with Gasteiger partial charge >= 0.3 is 5.97 Å². The van der Waals surface area contributed by atoms with Crippen molar-refractivity contribution in [1.82, 2.24) is 4.90 Å². The topological polar surface area (TPSA) is 29.5 Å². The van der Waals surface area contributed by atoms with Gasteiger partial charge in [0.15, 0.2) is 0 Å². The molecule has 0 unspecified atom stereocenters. The number of carbonyl (C=O) groups is 1. The summed E-state index contributed by atoms with van der Waals surface area (Å²) in [6, 6.07) is 0.0395. The van der Waals surface area contributed by atoms with Crippen LogP contribution in [-0.2, 0) is 9.53 Å². The molecule has 0 aromatic rings. The molecule has 1 aliphatic rings. The van der Waals surface area contributed by atoms with Gasteiger partial charge in [0.2, 0.25) is 0 Å². The molecule has 0 radical (unpaired) electrons. The summed E-state index contributed by atoms with van der Waals surface area (Å²) in [6.45, 7) is 6.81. The van der Waals surface area contributed by atoms with Gasteiger partial charge in [-0.1, -0.05) is 77.6 Å². The molecule has 0 aliphatic carbocycles. The largest absolute Gasteiger partial charge is 0.465 e. The zero-order valence-corrected chi connectivity index (χ0v) is 16.4. The highest BCUT2D eigenvalue weighted by Gasteiger charge is 2.30. The highest BCUT2D eigenvalue weighted by molar-refractivity contribution is 5.76. The van der Waals surface area contributed by atoms with E-state index in [4.69, 9.17) is 4.74 Å². The van der Waals surface area contributed by atoms with Crippen LogP contribution in [0.4, 0.5) is 0 Å². The summed E-state index contributed by atoms with van der Waals surface area (Å²) in [7, 11) is 0. The molecule has 1 atom stereocenters. The molecular weight excluding hydrogens is 298 g/mol. The fraction of sp³-hybridized carbons (Fsp3) is 0.952. The molecule has 3 heteroatoms. The number of rotatable bonds is 15. The number of ether oxygens (including phenoxy) is 1. The number of unbranched alkanes of at least 4 members (excludes halogenated alkanes) is 11. The fourth-order valence-electron chi connectivity index (χ4n) is 3.76. The number of carbonyl (C=O) groups excluding carboxylic acids is 1. The third-order valence-corrected chi connectivity index (χ3v) is 5.22. The highest BCUT2D eigenvalue weighted by atomic mass is 16.5. The second-order valence-corrected chi connectivity index (χ2v) is 7.34. The summed E-state index contributed by atoms with van der Waals surface area (Å²) in [5, 5.41) is 0. The van der Waals surface area contributed by atoms with E-state index in [1.165, 1.54) is 77.0 Å². The van der Waals surface area contributed by atoms with E-state index in [1.807, 2.05) is 6.92 Å². The second-order valence-electron chi connectivity index (χ2n) is 7.34. The highest BCUT2D eigenvalue weighted by Crippen LogP contribution is 2.19. The van der Waals surface area contributed by atoms with E-state index < -0.39 is 0 Å². The van der Waals surface area contributed by atoms with Crippen LogP contribution in [0, 0.1) is 0 Å². The Kier molecular flexibility index (Phi) is 13.2. The molecule has 24 heavy (non-hydrogen) atoms. The predicted molar refractivity (Wildman–Crippen MR) is 102 cm³/mol. The van der Waals surface area contributed by atoms with Gasteiger partial charge < -0.3 is 4.74 Å². The van der Waals surface area contributed by atoms with E-state index in [0.29, 0.717) is 6.61 Å². The molecule has 1 aliphatic heterocycles. The minimum atomic E-state index is -0.00561. The fourth-order valence-corrected chi connectivity index (χ4v) is 3.76. The molecule has 1 heterocycles. The number of hydrogen-bond acceptors (Lipinski definition) is 3. The van der Waals surface area contributed by atoms with Gasteiger partial charge in [-0.3, -0.25) is 9.69 Å². The lowest BCUT2D eigenvalue weighted by atomic mass is 10.1. The molecule has 3 nitrogen and oxygen atoms in total. The molecule has 0 aromatic heterocycles. The first-order valence-electron chi connectivity index (χ1n) is 10.7. The lowest BCUT2D eigenvalue weighted by Crippen LogP contribution is -2.37. The Labute approximate surface area is 150 Å². The van der Waals surface area contributed by atoms with E-state index in [-0.39, 0.29) is 12.0 Å². The number of nitrogens with zero attached hydrogens (tertiary/aromatic N) is 1. The molecule has 0 spiro atoms. The van der Waals surface area contributed by atoms with Crippen molar-refractivity contribution in [2.24, 2.45) is 0 Å². The summed E-state index contributed by atoms with van der Waals surface area (Å²) in [4.78, 5) is 14.3. The van der Waals surface area contributed by atoms with Gasteiger partial charge in [0, 0.05) is 0 Å². The maximum atomic E-state index is 11.9. The van der Waals surface area contributed by atoms with Gasteiger partial charge in [-0.05, 0) is 39.3 Å². The van der Waals surface area contributed by atoms with Crippen molar-refractivity contribution in [2.75, 3.05) is 19.7 Å². The van der Waals surface area contributed by atoms with E-state index in [0.717, 1.165) is 25.9 Å². The van der Waals surface area contributed by atoms with Crippen molar-refractivity contribution in [1.29, 1.82) is 0 Å². The minimum absolute atomic E-state index is 0.00561. The van der Waals surface area contributed by atoms with Gasteiger partial charge in [0.25, 0.3) is 0 Å². The minimum Gasteiger partial charge on any atom is -0.465 e. The van der Waals surface area contributed by atoms with Crippen LogP contribution in [-0.4, -0.2) is 36.6 Å². The van der Waals surface area contributed by atoms with Crippen molar-refractivity contribution < 1.29 is 9.53 Å². The molecule has 0 aromatic carbocycles. The van der Waals surface area contributed by atoms with E-state index in [1.54, 1.807) is 0 Å². The lowest BCUT2D eigenvalue weighted by molar-refractivity contribution is -0.148. The molecule has 0 N–H and O–H groups in total. The zero-order valence-electron chi connectivity index (χ0n) is 16.4. The Morgan fingerprint density at radius 2 is 1.42 bits per heavy atom. The maximum Gasteiger partial charge on any atom is 0.323 e. The normalized spacial score (nSPS) is 18.2. The van der Waals surface area contributed by atoms with Gasteiger partial charge in [0.05, 0.1) is 6.61 Å². The van der Waals surface area contributed by atoms with Crippen LogP contribution in [0.1, 0.15) is 104 Å². The van der Waals surface area contributed by atoms with Gasteiger partial charge in [-0.25, -0.2) is 0 Å². The van der Waals surface area contributed by atoms with Crippen LogP contribution in [0.5, 0.6) is 0 Å². The van der Waals surface area contributed by atoms with E-state index >= 15 is 0 Å². The summed E-state index contributed by atoms with van der Waals surface area (Å²) >= 11 is 0. The smallest absolute Gasteiger partial charge is 0.323 e. The number of hydrogen-bond donors (Lipinski definition) is 0. The Bertz CT molecular complexity index is 306. The molecule has 0 bridgehead atoms. The average Bonchev–Trinajstić information content (AvgIpc) is 3.04. The molecule has 1 saturated heterocycles. The molecule has 1 fully saturated rings. The first kappa shape index (κ1) is 21.5. The maximum absolute atomic E-state index is 11.9. The van der Waals surface area contributed by atoms with Crippen LogP contribution in [0.3, 0.4) is 0 Å². The number of esters is 1. The average molecular weight is 340 g/mol. The summed E-state index contributed by atoms with van der Waals surface area (Å²) in [5.41, 5.74) is 0. The molecule has 142 valence electrons. The van der Waals surface area contributed by atoms with Crippen molar-refractivity contribution in [3.05, 3.63) is 0 Å². The third kappa shape index (κ3) is 9.66. The summed E-state index contributed by atoms with van der Waals surface area (Å²) in [5.74, 6) is -0.00561. The van der Waals surface area contributed by atoms with E-state index in [9.17, 15) is 4.79 Å². The zero-order chi connectivity index (χ0) is 17.5. The Morgan fingerprint density at radius 3 is 1.96 bits per heavy atom. The molecular formula is C21H41NO2. The van der Waals surface area contributed by atoms with Crippen LogP contribution >= 0.6 is 0 Å². The van der Waals surface area contributed by atoms with Gasteiger partial charge in [-0.15, -0.1) is 0 Å². The Hall–Kier alpha value is -0.570. The van der Waals surface area contributed by atoms with Gasteiger partial charge in [-0.2, -0.15) is 0 Å².